The molecule has 1 amide bonds. The number of esters is 1. The Morgan fingerprint density at radius 2 is 2.00 bits per heavy atom. The second kappa shape index (κ2) is 7.64. The molecule has 0 aliphatic rings. The van der Waals surface area contributed by atoms with E-state index in [4.69, 9.17) is 16.7 Å². The standard InChI is InChI=1S/C14H16ClNO5/c1-8-5-9(7-10(15)6-8)13(18)16-11(14(19)20)3-4-12(17)21-2/h5-7,11H,3-4H2,1-2H3,(H,16,18)(H,19,20)/t11-/m0/s1. The zero-order chi connectivity index (χ0) is 16.0. The van der Waals surface area contributed by atoms with Gasteiger partial charge in [-0.15, -0.1) is 0 Å². The highest BCUT2D eigenvalue weighted by molar-refractivity contribution is 6.31. The molecule has 1 aromatic rings. The lowest BCUT2D eigenvalue weighted by Crippen LogP contribution is -2.41. The number of amides is 1. The molecule has 114 valence electrons. The van der Waals surface area contributed by atoms with Gasteiger partial charge in [0.25, 0.3) is 5.91 Å². The molecule has 21 heavy (non-hydrogen) atoms. The van der Waals surface area contributed by atoms with Gasteiger partial charge in [-0.25, -0.2) is 4.79 Å². The molecule has 2 N–H and O–H groups in total. The number of ether oxygens (including phenoxy) is 1. The number of carbonyl (C=O) groups excluding carboxylic acids is 2. The molecule has 0 saturated carbocycles. The van der Waals surface area contributed by atoms with Crippen LogP contribution in [0.5, 0.6) is 0 Å². The van der Waals surface area contributed by atoms with Crippen LogP contribution in [0.3, 0.4) is 0 Å². The maximum absolute atomic E-state index is 12.0. The number of benzene rings is 1. The fourth-order valence-corrected chi connectivity index (χ4v) is 2.02. The van der Waals surface area contributed by atoms with Crippen molar-refractivity contribution in [3.8, 4) is 0 Å². The van der Waals surface area contributed by atoms with Crippen LogP contribution in [-0.2, 0) is 14.3 Å². The van der Waals surface area contributed by atoms with Crippen molar-refractivity contribution in [2.75, 3.05) is 7.11 Å². The third-order valence-electron chi connectivity index (χ3n) is 2.77. The Kier molecular flexibility index (Phi) is 6.17. The molecular weight excluding hydrogens is 298 g/mol. The maximum Gasteiger partial charge on any atom is 0.326 e. The summed E-state index contributed by atoms with van der Waals surface area (Å²) in [5.41, 5.74) is 1.05. The Balaban J connectivity index is 2.76. The first-order chi connectivity index (χ1) is 9.83. The molecule has 6 nitrogen and oxygen atoms in total. The van der Waals surface area contributed by atoms with Crippen molar-refractivity contribution < 1.29 is 24.2 Å². The van der Waals surface area contributed by atoms with E-state index in [0.29, 0.717) is 5.02 Å². The zero-order valence-electron chi connectivity index (χ0n) is 11.7. The first-order valence-corrected chi connectivity index (χ1v) is 6.59. The number of carboxylic acids is 1. The summed E-state index contributed by atoms with van der Waals surface area (Å²) in [7, 11) is 1.21. The molecule has 0 heterocycles. The number of carboxylic acid groups (broad SMARTS) is 1. The summed E-state index contributed by atoms with van der Waals surface area (Å²) in [5, 5.41) is 11.8. The molecule has 0 aliphatic carbocycles. The summed E-state index contributed by atoms with van der Waals surface area (Å²) in [6.07, 6.45) is -0.143. The summed E-state index contributed by atoms with van der Waals surface area (Å²) in [6.45, 7) is 1.77. The number of aryl methyl sites for hydroxylation is 1. The molecule has 0 saturated heterocycles. The molecule has 7 heteroatoms. The van der Waals surface area contributed by atoms with Crippen molar-refractivity contribution in [3.05, 3.63) is 34.3 Å². The van der Waals surface area contributed by atoms with Crippen molar-refractivity contribution in [1.29, 1.82) is 0 Å². The van der Waals surface area contributed by atoms with Crippen LogP contribution in [-0.4, -0.2) is 36.1 Å². The number of hydrogen-bond donors (Lipinski definition) is 2. The average Bonchev–Trinajstić information content (AvgIpc) is 2.41. The van der Waals surface area contributed by atoms with Gasteiger partial charge < -0.3 is 15.2 Å². The van der Waals surface area contributed by atoms with Crippen molar-refractivity contribution in [3.63, 3.8) is 0 Å². The molecule has 1 rings (SSSR count). The van der Waals surface area contributed by atoms with E-state index in [0.717, 1.165) is 5.56 Å². The largest absolute Gasteiger partial charge is 0.480 e. The van der Waals surface area contributed by atoms with Gasteiger partial charge in [0.2, 0.25) is 0 Å². The SMILES string of the molecule is COC(=O)CC[C@H](NC(=O)c1cc(C)cc(Cl)c1)C(=O)O. The van der Waals surface area contributed by atoms with E-state index in [1.165, 1.54) is 13.2 Å². The van der Waals surface area contributed by atoms with Gasteiger partial charge in [0.15, 0.2) is 0 Å². The highest BCUT2D eigenvalue weighted by Gasteiger charge is 2.22. The molecule has 1 aromatic carbocycles. The number of aliphatic carboxylic acids is 1. The van der Waals surface area contributed by atoms with Gasteiger partial charge in [0.1, 0.15) is 6.04 Å². The molecule has 0 fully saturated rings. The lowest BCUT2D eigenvalue weighted by Gasteiger charge is -2.14. The average molecular weight is 314 g/mol. The van der Waals surface area contributed by atoms with Crippen molar-refractivity contribution >= 4 is 29.4 Å². The van der Waals surface area contributed by atoms with Gasteiger partial charge in [0, 0.05) is 17.0 Å². The minimum atomic E-state index is -1.22. The van der Waals surface area contributed by atoms with Crippen molar-refractivity contribution in [2.24, 2.45) is 0 Å². The molecule has 1 atom stereocenters. The number of hydrogen-bond acceptors (Lipinski definition) is 4. The highest BCUT2D eigenvalue weighted by atomic mass is 35.5. The number of halogens is 1. The lowest BCUT2D eigenvalue weighted by molar-refractivity contribution is -0.142. The topological polar surface area (TPSA) is 92.7 Å². The fraction of sp³-hybridized carbons (Fsp3) is 0.357. The zero-order valence-corrected chi connectivity index (χ0v) is 12.4. The number of carbonyl (C=O) groups is 3. The van der Waals surface area contributed by atoms with Gasteiger partial charge in [0.05, 0.1) is 7.11 Å². The molecular formula is C14H16ClNO5. The van der Waals surface area contributed by atoms with Crippen LogP contribution in [0, 0.1) is 6.92 Å². The normalized spacial score (nSPS) is 11.6. The maximum atomic E-state index is 12.0. The third-order valence-corrected chi connectivity index (χ3v) is 2.99. The van der Waals surface area contributed by atoms with E-state index in [-0.39, 0.29) is 18.4 Å². The Hall–Kier alpha value is -2.08. The minimum absolute atomic E-state index is 0.0483. The van der Waals surface area contributed by atoms with Gasteiger partial charge in [-0.2, -0.15) is 0 Å². The summed E-state index contributed by atoms with van der Waals surface area (Å²) in [6, 6.07) is 3.56. The predicted molar refractivity (Wildman–Crippen MR) is 76.3 cm³/mol. The monoisotopic (exact) mass is 313 g/mol. The van der Waals surface area contributed by atoms with Gasteiger partial charge in [-0.1, -0.05) is 11.6 Å². The van der Waals surface area contributed by atoms with E-state index >= 15 is 0 Å². The van der Waals surface area contributed by atoms with E-state index in [2.05, 4.69) is 10.1 Å². The van der Waals surface area contributed by atoms with Crippen LogP contribution >= 0.6 is 11.6 Å². The predicted octanol–water partition coefficient (Wildman–Crippen LogP) is 1.78. The second-order valence-electron chi connectivity index (χ2n) is 4.50. The molecule has 0 bridgehead atoms. The van der Waals surface area contributed by atoms with Crippen LogP contribution in [0.1, 0.15) is 28.8 Å². The smallest absolute Gasteiger partial charge is 0.326 e. The first-order valence-electron chi connectivity index (χ1n) is 6.21. The summed E-state index contributed by atoms with van der Waals surface area (Å²) < 4.78 is 4.44. The lowest BCUT2D eigenvalue weighted by atomic mass is 10.1. The van der Waals surface area contributed by atoms with Gasteiger partial charge in [-0.05, 0) is 37.1 Å². The van der Waals surface area contributed by atoms with Gasteiger partial charge in [-0.3, -0.25) is 9.59 Å². The van der Waals surface area contributed by atoms with E-state index in [1.807, 2.05) is 0 Å². The molecule has 0 radical (unpaired) electrons. The minimum Gasteiger partial charge on any atom is -0.480 e. The Morgan fingerprint density at radius 1 is 1.33 bits per heavy atom. The first kappa shape index (κ1) is 17.0. The van der Waals surface area contributed by atoms with Gasteiger partial charge >= 0.3 is 11.9 Å². The third kappa shape index (κ3) is 5.43. The van der Waals surface area contributed by atoms with Crippen LogP contribution in [0.4, 0.5) is 0 Å². The Labute approximate surface area is 127 Å². The number of methoxy groups -OCH3 is 1. The number of nitrogens with one attached hydrogen (secondary N) is 1. The summed E-state index contributed by atoms with van der Waals surface area (Å²) >= 11 is 5.86. The molecule has 0 aromatic heterocycles. The van der Waals surface area contributed by atoms with Crippen LogP contribution in [0.2, 0.25) is 5.02 Å². The van der Waals surface area contributed by atoms with Crippen LogP contribution < -0.4 is 5.32 Å². The van der Waals surface area contributed by atoms with E-state index < -0.39 is 23.9 Å². The molecule has 0 spiro atoms. The highest BCUT2D eigenvalue weighted by Crippen LogP contribution is 2.15. The molecule has 0 unspecified atom stereocenters. The van der Waals surface area contributed by atoms with E-state index in [9.17, 15) is 14.4 Å². The van der Waals surface area contributed by atoms with Crippen molar-refractivity contribution in [1.82, 2.24) is 5.32 Å². The quantitative estimate of drug-likeness (QED) is 0.781. The van der Waals surface area contributed by atoms with Crippen LogP contribution in [0.25, 0.3) is 0 Å². The van der Waals surface area contributed by atoms with E-state index in [1.54, 1.807) is 19.1 Å². The summed E-state index contributed by atoms with van der Waals surface area (Å²) in [5.74, 6) is -2.31. The second-order valence-corrected chi connectivity index (χ2v) is 4.93. The van der Waals surface area contributed by atoms with Crippen molar-refractivity contribution in [2.45, 2.75) is 25.8 Å². The fourth-order valence-electron chi connectivity index (χ4n) is 1.73. The van der Waals surface area contributed by atoms with Crippen LogP contribution in [0.15, 0.2) is 18.2 Å². The Bertz CT molecular complexity index is 538. The summed E-state index contributed by atoms with van der Waals surface area (Å²) in [4.78, 5) is 34.2. The Morgan fingerprint density at radius 3 is 2.52 bits per heavy atom. The number of rotatable bonds is 6. The molecule has 0 aliphatic heterocycles.